The van der Waals surface area contributed by atoms with Crippen molar-refractivity contribution in [2.75, 3.05) is 13.6 Å². The lowest BCUT2D eigenvalue weighted by Gasteiger charge is -2.16. The topological polar surface area (TPSA) is 79.8 Å². The average molecular weight is 490 g/mol. The first-order valence-electron chi connectivity index (χ1n) is 8.99. The molecule has 0 bridgehead atoms. The number of aliphatic imine (C=N–C) groups is 1. The third kappa shape index (κ3) is 4.27. The van der Waals surface area contributed by atoms with E-state index in [4.69, 9.17) is 4.42 Å². The summed E-state index contributed by atoms with van der Waals surface area (Å²) in [4.78, 5) is 4.30. The highest BCUT2D eigenvalue weighted by molar-refractivity contribution is 14.0. The molecule has 0 spiro atoms. The Morgan fingerprint density at radius 1 is 1.18 bits per heavy atom. The molecule has 4 rings (SSSR count). The van der Waals surface area contributed by atoms with Gasteiger partial charge in [0, 0.05) is 31.6 Å². The average Bonchev–Trinajstić information content (AvgIpc) is 3.31. The zero-order chi connectivity index (χ0) is 18.6. The number of nitrogens with one attached hydrogen (secondary N) is 2. The maximum Gasteiger partial charge on any atom is 0.191 e. The van der Waals surface area contributed by atoms with Gasteiger partial charge in [-0.2, -0.15) is 0 Å². The summed E-state index contributed by atoms with van der Waals surface area (Å²) in [5.41, 5.74) is 1.75. The van der Waals surface area contributed by atoms with Crippen molar-refractivity contribution in [3.63, 3.8) is 0 Å². The van der Waals surface area contributed by atoms with Gasteiger partial charge in [-0.25, -0.2) is 0 Å². The molecule has 3 aromatic heterocycles. The minimum Gasteiger partial charge on any atom is -0.459 e. The Hall–Kier alpha value is -2.62. The molecule has 0 fully saturated rings. The van der Waals surface area contributed by atoms with Crippen LogP contribution < -0.4 is 10.6 Å². The molecule has 1 unspecified atom stereocenters. The molecule has 146 valence electrons. The van der Waals surface area contributed by atoms with Crippen molar-refractivity contribution in [1.29, 1.82) is 0 Å². The highest BCUT2D eigenvalue weighted by Crippen LogP contribution is 2.23. The lowest BCUT2D eigenvalue weighted by Crippen LogP contribution is -2.39. The van der Waals surface area contributed by atoms with E-state index in [2.05, 4.69) is 38.8 Å². The fraction of sp³-hybridized carbons (Fsp3) is 0.250. The fourth-order valence-corrected chi connectivity index (χ4v) is 3.04. The lowest BCUT2D eigenvalue weighted by atomic mass is 10.2. The number of benzene rings is 1. The summed E-state index contributed by atoms with van der Waals surface area (Å²) in [7, 11) is 1.76. The Kier molecular flexibility index (Phi) is 6.50. The van der Waals surface area contributed by atoms with Gasteiger partial charge in [0.15, 0.2) is 11.6 Å². The minimum absolute atomic E-state index is 0. The Labute approximate surface area is 180 Å². The van der Waals surface area contributed by atoms with E-state index in [0.717, 1.165) is 40.6 Å². The van der Waals surface area contributed by atoms with Crippen LogP contribution in [-0.2, 0) is 6.42 Å². The van der Waals surface area contributed by atoms with Crippen molar-refractivity contribution in [2.45, 2.75) is 19.4 Å². The van der Waals surface area contributed by atoms with E-state index in [-0.39, 0.29) is 30.0 Å². The predicted octanol–water partition coefficient (Wildman–Crippen LogP) is 3.56. The molecule has 1 atom stereocenters. The molecule has 0 saturated heterocycles. The van der Waals surface area contributed by atoms with Gasteiger partial charge in [0.2, 0.25) is 0 Å². The molecule has 0 aliphatic rings. The molecule has 0 saturated carbocycles. The molecule has 2 N–H and O–H groups in total. The largest absolute Gasteiger partial charge is 0.459 e. The van der Waals surface area contributed by atoms with Crippen LogP contribution in [0.1, 0.15) is 24.6 Å². The number of guanidine groups is 1. The van der Waals surface area contributed by atoms with Gasteiger partial charge < -0.3 is 15.1 Å². The molecule has 28 heavy (non-hydrogen) atoms. The third-order valence-corrected chi connectivity index (χ3v) is 4.47. The van der Waals surface area contributed by atoms with Gasteiger partial charge in [-0.1, -0.05) is 24.3 Å². The Morgan fingerprint density at radius 3 is 2.82 bits per heavy atom. The van der Waals surface area contributed by atoms with Crippen LogP contribution in [0.15, 0.2) is 64.1 Å². The monoisotopic (exact) mass is 490 g/mol. The first kappa shape index (κ1) is 20.1. The second kappa shape index (κ2) is 9.05. The van der Waals surface area contributed by atoms with E-state index in [9.17, 15) is 0 Å². The first-order chi connectivity index (χ1) is 13.2. The van der Waals surface area contributed by atoms with E-state index in [1.54, 1.807) is 7.05 Å². The summed E-state index contributed by atoms with van der Waals surface area (Å²) in [6.45, 7) is 2.75. The number of hydrogen-bond acceptors (Lipinski definition) is 4. The van der Waals surface area contributed by atoms with Gasteiger partial charge in [0.1, 0.15) is 17.2 Å². The van der Waals surface area contributed by atoms with Crippen LogP contribution in [0.25, 0.3) is 16.6 Å². The Balaban J connectivity index is 0.00000225. The van der Waals surface area contributed by atoms with Crippen LogP contribution in [-0.4, -0.2) is 34.2 Å². The van der Waals surface area contributed by atoms with Crippen molar-refractivity contribution in [1.82, 2.24) is 25.2 Å². The van der Waals surface area contributed by atoms with Gasteiger partial charge in [-0.15, -0.1) is 34.2 Å². The Bertz CT molecular complexity index is 1050. The van der Waals surface area contributed by atoms with Crippen LogP contribution in [0.4, 0.5) is 0 Å². The van der Waals surface area contributed by atoms with Gasteiger partial charge in [-0.05, 0) is 31.2 Å². The molecule has 0 aliphatic heterocycles. The maximum absolute atomic E-state index is 5.92. The molecule has 0 radical (unpaired) electrons. The van der Waals surface area contributed by atoms with Crippen LogP contribution in [0.3, 0.4) is 0 Å². The Morgan fingerprint density at radius 2 is 2.00 bits per heavy atom. The normalized spacial score (nSPS) is 12.7. The van der Waals surface area contributed by atoms with Gasteiger partial charge in [0.25, 0.3) is 0 Å². The van der Waals surface area contributed by atoms with E-state index >= 15 is 0 Å². The van der Waals surface area contributed by atoms with Crippen LogP contribution in [0.5, 0.6) is 0 Å². The number of furan rings is 1. The standard InChI is InChI=1S/C20H22N6O.HI/c1-14(17-13-15-7-3-4-8-16(15)27-17)23-20(21-2)22-11-10-19-25-24-18-9-5-6-12-26(18)19;/h3-9,12-14H,10-11H2,1-2H3,(H2,21,22,23);1H. The number of rotatable bonds is 5. The molecule has 0 aliphatic carbocycles. The fourth-order valence-electron chi connectivity index (χ4n) is 3.04. The summed E-state index contributed by atoms with van der Waals surface area (Å²) in [6.07, 6.45) is 2.71. The van der Waals surface area contributed by atoms with Gasteiger partial charge >= 0.3 is 0 Å². The number of nitrogens with zero attached hydrogens (tertiary/aromatic N) is 4. The van der Waals surface area contributed by atoms with E-state index in [1.165, 1.54) is 0 Å². The summed E-state index contributed by atoms with van der Waals surface area (Å²) >= 11 is 0. The summed E-state index contributed by atoms with van der Waals surface area (Å²) in [5, 5.41) is 16.2. The van der Waals surface area contributed by atoms with Crippen molar-refractivity contribution in [3.8, 4) is 0 Å². The first-order valence-corrected chi connectivity index (χ1v) is 8.99. The molecule has 4 aromatic rings. The van der Waals surface area contributed by atoms with E-state index < -0.39 is 0 Å². The molecule has 8 heteroatoms. The summed E-state index contributed by atoms with van der Waals surface area (Å²) in [5.74, 6) is 2.51. The molecular formula is C20H23IN6O. The van der Waals surface area contributed by atoms with Crippen molar-refractivity contribution >= 4 is 46.6 Å². The van der Waals surface area contributed by atoms with Crippen LogP contribution in [0, 0.1) is 0 Å². The van der Waals surface area contributed by atoms with E-state index in [0.29, 0.717) is 6.54 Å². The van der Waals surface area contributed by atoms with Crippen molar-refractivity contribution in [3.05, 3.63) is 66.3 Å². The predicted molar refractivity (Wildman–Crippen MR) is 121 cm³/mol. The smallest absolute Gasteiger partial charge is 0.191 e. The van der Waals surface area contributed by atoms with Gasteiger partial charge in [-0.3, -0.25) is 9.39 Å². The summed E-state index contributed by atoms with van der Waals surface area (Å²) < 4.78 is 7.91. The SMILES string of the molecule is CN=C(NCCc1nnc2ccccn12)NC(C)c1cc2ccccc2o1.I. The zero-order valence-electron chi connectivity index (χ0n) is 15.8. The number of aromatic nitrogens is 3. The quantitative estimate of drug-likeness (QED) is 0.254. The zero-order valence-corrected chi connectivity index (χ0v) is 18.1. The molecular weight excluding hydrogens is 467 g/mol. The number of pyridine rings is 1. The second-order valence-corrected chi connectivity index (χ2v) is 6.35. The summed E-state index contributed by atoms with van der Waals surface area (Å²) in [6, 6.07) is 15.9. The number of para-hydroxylation sites is 1. The molecule has 1 aromatic carbocycles. The maximum atomic E-state index is 5.92. The number of halogens is 1. The molecule has 3 heterocycles. The van der Waals surface area contributed by atoms with Crippen LogP contribution in [0.2, 0.25) is 0 Å². The minimum atomic E-state index is -0.00229. The van der Waals surface area contributed by atoms with Crippen molar-refractivity contribution < 1.29 is 4.42 Å². The van der Waals surface area contributed by atoms with Crippen LogP contribution >= 0.6 is 24.0 Å². The number of hydrogen-bond donors (Lipinski definition) is 2. The van der Waals surface area contributed by atoms with Gasteiger partial charge in [0.05, 0.1) is 6.04 Å². The lowest BCUT2D eigenvalue weighted by molar-refractivity contribution is 0.488. The molecule has 0 amide bonds. The highest BCUT2D eigenvalue weighted by Gasteiger charge is 2.13. The highest BCUT2D eigenvalue weighted by atomic mass is 127. The molecule has 7 nitrogen and oxygen atoms in total. The van der Waals surface area contributed by atoms with E-state index in [1.807, 2.05) is 53.1 Å². The number of fused-ring (bicyclic) bond motifs is 2. The van der Waals surface area contributed by atoms with Crippen molar-refractivity contribution in [2.24, 2.45) is 4.99 Å². The second-order valence-electron chi connectivity index (χ2n) is 6.35. The third-order valence-electron chi connectivity index (χ3n) is 4.47.